The molecule has 0 aromatic heterocycles. The number of aliphatic imine (C=N–C) groups is 2. The number of benzene rings is 1. The Labute approximate surface area is 99.5 Å². The zero-order chi connectivity index (χ0) is 12.1. The summed E-state index contributed by atoms with van der Waals surface area (Å²) in [6, 6.07) is 5.14. The summed E-state index contributed by atoms with van der Waals surface area (Å²) in [5.41, 5.74) is 7.22. The lowest BCUT2D eigenvalue weighted by molar-refractivity contribution is 1.37. The molecule has 0 saturated carbocycles. The van der Waals surface area contributed by atoms with Gasteiger partial charge >= 0.3 is 0 Å². The number of rotatable bonds is 4. The van der Waals surface area contributed by atoms with Crippen LogP contribution in [-0.4, -0.2) is 18.8 Å². The Bertz CT molecular complexity index is 477. The summed E-state index contributed by atoms with van der Waals surface area (Å²) in [5.74, 6) is 0. The standard InChI is InChI=1S/C11H12N4S/c1-7(15-6-14-2)11(13)9-5-8(16)3-4-10(9)12/h3-6,13,16H,1-2,12H2/b13-11?,15-6-. The SMILES string of the molecule is C=N/C=N\C(=C)C(=N)c1cc(S)ccc1N. The number of nitrogens with zero attached hydrogens (tertiary/aromatic N) is 2. The minimum Gasteiger partial charge on any atom is -0.398 e. The Morgan fingerprint density at radius 2 is 2.19 bits per heavy atom. The van der Waals surface area contributed by atoms with Gasteiger partial charge in [0.1, 0.15) is 6.34 Å². The van der Waals surface area contributed by atoms with Crippen molar-refractivity contribution >= 4 is 37.1 Å². The number of hydrogen-bond donors (Lipinski definition) is 3. The molecule has 4 nitrogen and oxygen atoms in total. The summed E-state index contributed by atoms with van der Waals surface area (Å²) in [6.45, 7) is 6.90. The summed E-state index contributed by atoms with van der Waals surface area (Å²) < 4.78 is 0. The van der Waals surface area contributed by atoms with Crippen LogP contribution in [0.25, 0.3) is 0 Å². The average Bonchev–Trinajstić information content (AvgIpc) is 2.28. The topological polar surface area (TPSA) is 74.6 Å². The summed E-state index contributed by atoms with van der Waals surface area (Å²) in [6.07, 6.45) is 1.23. The van der Waals surface area contributed by atoms with Crippen LogP contribution in [-0.2, 0) is 0 Å². The van der Waals surface area contributed by atoms with Crippen LogP contribution in [0.15, 0.2) is 45.4 Å². The van der Waals surface area contributed by atoms with Crippen LogP contribution < -0.4 is 5.73 Å². The van der Waals surface area contributed by atoms with Crippen molar-refractivity contribution in [2.75, 3.05) is 5.73 Å². The fourth-order valence-electron chi connectivity index (χ4n) is 1.09. The van der Waals surface area contributed by atoms with Crippen molar-refractivity contribution in [1.82, 2.24) is 0 Å². The molecule has 1 aromatic carbocycles. The Morgan fingerprint density at radius 1 is 1.50 bits per heavy atom. The number of anilines is 1. The van der Waals surface area contributed by atoms with E-state index < -0.39 is 0 Å². The number of allylic oxidation sites excluding steroid dienone is 1. The van der Waals surface area contributed by atoms with Gasteiger partial charge < -0.3 is 5.73 Å². The van der Waals surface area contributed by atoms with Crippen molar-refractivity contribution in [3.63, 3.8) is 0 Å². The monoisotopic (exact) mass is 232 g/mol. The van der Waals surface area contributed by atoms with E-state index in [0.29, 0.717) is 11.3 Å². The molecule has 0 atom stereocenters. The lowest BCUT2D eigenvalue weighted by Crippen LogP contribution is -2.05. The predicted molar refractivity (Wildman–Crippen MR) is 72.1 cm³/mol. The van der Waals surface area contributed by atoms with Crippen molar-refractivity contribution in [2.24, 2.45) is 9.98 Å². The van der Waals surface area contributed by atoms with E-state index >= 15 is 0 Å². The Hall–Kier alpha value is -1.88. The van der Waals surface area contributed by atoms with Crippen LogP contribution in [0.4, 0.5) is 5.69 Å². The van der Waals surface area contributed by atoms with Gasteiger partial charge in [-0.05, 0) is 24.9 Å². The molecular weight excluding hydrogens is 220 g/mol. The van der Waals surface area contributed by atoms with Crippen molar-refractivity contribution < 1.29 is 0 Å². The molecule has 0 aliphatic rings. The largest absolute Gasteiger partial charge is 0.398 e. The first-order chi connectivity index (χ1) is 7.56. The molecule has 0 aliphatic heterocycles. The van der Waals surface area contributed by atoms with E-state index in [1.54, 1.807) is 18.2 Å². The summed E-state index contributed by atoms with van der Waals surface area (Å²) >= 11 is 4.19. The number of thiol groups is 1. The molecule has 82 valence electrons. The molecule has 0 unspecified atom stereocenters. The van der Waals surface area contributed by atoms with Crippen LogP contribution in [0.3, 0.4) is 0 Å². The van der Waals surface area contributed by atoms with E-state index in [2.05, 4.69) is 35.9 Å². The number of nitrogens with two attached hydrogens (primary N) is 1. The molecule has 3 N–H and O–H groups in total. The molecule has 5 heteroatoms. The molecule has 0 amide bonds. The molecule has 0 fully saturated rings. The van der Waals surface area contributed by atoms with Gasteiger partial charge in [-0.15, -0.1) is 12.6 Å². The molecular formula is C11H12N4S. The van der Waals surface area contributed by atoms with Crippen LogP contribution in [0, 0.1) is 5.41 Å². The highest BCUT2D eigenvalue weighted by Crippen LogP contribution is 2.19. The third kappa shape index (κ3) is 2.80. The van der Waals surface area contributed by atoms with Gasteiger partial charge in [0.2, 0.25) is 0 Å². The molecule has 1 aromatic rings. The van der Waals surface area contributed by atoms with E-state index in [1.165, 1.54) is 6.34 Å². The van der Waals surface area contributed by atoms with Crippen LogP contribution in [0.1, 0.15) is 5.56 Å². The fraction of sp³-hybridized carbons (Fsp3) is 0. The first-order valence-electron chi connectivity index (χ1n) is 4.41. The maximum Gasteiger partial charge on any atom is 0.115 e. The highest BCUT2D eigenvalue weighted by atomic mass is 32.1. The number of nitrogen functional groups attached to an aromatic ring is 1. The minimum atomic E-state index is 0.147. The molecule has 0 spiro atoms. The summed E-state index contributed by atoms with van der Waals surface area (Å²) in [5, 5.41) is 7.86. The zero-order valence-electron chi connectivity index (χ0n) is 8.64. The number of hydrogen-bond acceptors (Lipinski definition) is 4. The molecule has 0 heterocycles. The van der Waals surface area contributed by atoms with Gasteiger partial charge in [0, 0.05) is 16.1 Å². The van der Waals surface area contributed by atoms with Gasteiger partial charge in [-0.2, -0.15) is 0 Å². The second kappa shape index (κ2) is 5.27. The first-order valence-corrected chi connectivity index (χ1v) is 4.86. The molecule has 0 aliphatic carbocycles. The van der Waals surface area contributed by atoms with E-state index in [9.17, 15) is 0 Å². The first kappa shape index (κ1) is 12.2. The quantitative estimate of drug-likeness (QED) is 0.316. The van der Waals surface area contributed by atoms with Crippen LogP contribution in [0.2, 0.25) is 0 Å². The van der Waals surface area contributed by atoms with Crippen molar-refractivity contribution in [3.8, 4) is 0 Å². The maximum atomic E-state index is 7.86. The maximum absolute atomic E-state index is 7.86. The molecule has 1 rings (SSSR count). The second-order valence-corrected chi connectivity index (χ2v) is 3.54. The van der Waals surface area contributed by atoms with Gasteiger partial charge in [0.05, 0.1) is 11.4 Å². The van der Waals surface area contributed by atoms with E-state index in [0.717, 1.165) is 4.90 Å². The second-order valence-electron chi connectivity index (χ2n) is 3.02. The highest BCUT2D eigenvalue weighted by Gasteiger charge is 2.08. The Kier molecular flexibility index (Phi) is 4.02. The lowest BCUT2D eigenvalue weighted by atomic mass is 10.1. The summed E-state index contributed by atoms with van der Waals surface area (Å²) in [7, 11) is 0. The highest BCUT2D eigenvalue weighted by molar-refractivity contribution is 7.80. The smallest absolute Gasteiger partial charge is 0.115 e. The molecule has 0 radical (unpaired) electrons. The van der Waals surface area contributed by atoms with E-state index in [4.69, 9.17) is 11.1 Å². The van der Waals surface area contributed by atoms with E-state index in [1.807, 2.05) is 0 Å². The molecule has 16 heavy (non-hydrogen) atoms. The molecule has 0 bridgehead atoms. The third-order valence-electron chi connectivity index (χ3n) is 1.89. The van der Waals surface area contributed by atoms with Gasteiger partial charge in [-0.3, -0.25) is 10.4 Å². The average molecular weight is 232 g/mol. The molecule has 0 saturated heterocycles. The lowest BCUT2D eigenvalue weighted by Gasteiger charge is -2.07. The Morgan fingerprint density at radius 3 is 2.81 bits per heavy atom. The van der Waals surface area contributed by atoms with Gasteiger partial charge in [0.15, 0.2) is 0 Å². The van der Waals surface area contributed by atoms with Crippen molar-refractivity contribution in [3.05, 3.63) is 36.0 Å². The van der Waals surface area contributed by atoms with Gasteiger partial charge in [-0.25, -0.2) is 4.99 Å². The van der Waals surface area contributed by atoms with Gasteiger partial charge in [0.25, 0.3) is 0 Å². The normalized spacial score (nSPS) is 10.3. The number of nitrogens with one attached hydrogen (secondary N) is 1. The fourth-order valence-corrected chi connectivity index (χ4v) is 1.29. The van der Waals surface area contributed by atoms with Crippen molar-refractivity contribution in [2.45, 2.75) is 4.90 Å². The minimum absolute atomic E-state index is 0.147. The van der Waals surface area contributed by atoms with Crippen molar-refractivity contribution in [1.29, 1.82) is 5.41 Å². The van der Waals surface area contributed by atoms with Gasteiger partial charge in [-0.1, -0.05) is 6.58 Å². The van der Waals surface area contributed by atoms with Crippen LogP contribution in [0.5, 0.6) is 0 Å². The predicted octanol–water partition coefficient (Wildman–Crippen LogP) is 2.17. The summed E-state index contributed by atoms with van der Waals surface area (Å²) in [4.78, 5) is 8.01. The third-order valence-corrected chi connectivity index (χ3v) is 2.17. The van der Waals surface area contributed by atoms with Crippen LogP contribution >= 0.6 is 12.6 Å². The zero-order valence-corrected chi connectivity index (χ0v) is 9.54. The van der Waals surface area contributed by atoms with E-state index in [-0.39, 0.29) is 11.4 Å². The Balaban J connectivity index is 3.05.